The molecule has 0 saturated heterocycles. The van der Waals surface area contributed by atoms with Crippen LogP contribution in [0.25, 0.3) is 0 Å². The van der Waals surface area contributed by atoms with E-state index in [4.69, 9.17) is 21.4 Å². The van der Waals surface area contributed by atoms with E-state index in [2.05, 4.69) is 0 Å². The van der Waals surface area contributed by atoms with Gasteiger partial charge in [0.15, 0.2) is 0 Å². The number of halogens is 1. The van der Waals surface area contributed by atoms with Crippen molar-refractivity contribution in [3.63, 3.8) is 0 Å². The minimum Gasteiger partial charge on any atom is -0.545 e. The number of rotatable bonds is 5. The van der Waals surface area contributed by atoms with E-state index < -0.39 is 5.97 Å². The highest BCUT2D eigenvalue weighted by molar-refractivity contribution is 6.32. The lowest BCUT2D eigenvalue weighted by molar-refractivity contribution is -0.255. The summed E-state index contributed by atoms with van der Waals surface area (Å²) in [7, 11) is 0. The fraction of sp³-hybridized carbons (Fsp3) is 0.133. The lowest BCUT2D eigenvalue weighted by Crippen LogP contribution is -2.22. The maximum atomic E-state index is 10.6. The summed E-state index contributed by atoms with van der Waals surface area (Å²) in [4.78, 5) is 10.6. The Morgan fingerprint density at radius 1 is 1.15 bits per heavy atom. The number of benzene rings is 2. The highest BCUT2D eigenvalue weighted by Crippen LogP contribution is 2.26. The third kappa shape index (κ3) is 3.50. The molecule has 5 heteroatoms. The van der Waals surface area contributed by atoms with Crippen molar-refractivity contribution in [2.45, 2.75) is 13.2 Å². The number of aromatic carboxylic acids is 1. The fourth-order valence-electron chi connectivity index (χ4n) is 1.66. The maximum Gasteiger partial charge on any atom is 0.138 e. The summed E-state index contributed by atoms with van der Waals surface area (Å²) in [6.45, 7) is 0.191. The van der Waals surface area contributed by atoms with Crippen molar-refractivity contribution < 1.29 is 19.7 Å². The quantitative estimate of drug-likeness (QED) is 0.911. The van der Waals surface area contributed by atoms with Gasteiger partial charge in [0.2, 0.25) is 0 Å². The molecular formula is C15H12ClO4-. The molecule has 0 aromatic heterocycles. The Morgan fingerprint density at radius 2 is 1.80 bits per heavy atom. The zero-order valence-electron chi connectivity index (χ0n) is 10.5. The van der Waals surface area contributed by atoms with Crippen molar-refractivity contribution in [1.82, 2.24) is 0 Å². The Labute approximate surface area is 121 Å². The average Bonchev–Trinajstić information content (AvgIpc) is 2.46. The Balaban J connectivity index is 2.03. The third-order valence-corrected chi connectivity index (χ3v) is 3.06. The van der Waals surface area contributed by atoms with E-state index in [0.717, 1.165) is 5.56 Å². The molecule has 0 aliphatic heterocycles. The molecule has 2 aromatic rings. The van der Waals surface area contributed by atoms with Crippen molar-refractivity contribution in [2.75, 3.05) is 0 Å². The Hall–Kier alpha value is -2.04. The van der Waals surface area contributed by atoms with Crippen LogP contribution in [0, 0.1) is 0 Å². The number of carbonyl (C=O) groups is 1. The second-order valence-corrected chi connectivity index (χ2v) is 4.60. The summed E-state index contributed by atoms with van der Waals surface area (Å²) >= 11 is 6.02. The number of carbonyl (C=O) groups excluding carboxylic acids is 1. The topological polar surface area (TPSA) is 69.6 Å². The van der Waals surface area contributed by atoms with Crippen molar-refractivity contribution in [3.05, 3.63) is 64.2 Å². The van der Waals surface area contributed by atoms with Gasteiger partial charge in [-0.25, -0.2) is 0 Å². The molecule has 0 atom stereocenters. The highest BCUT2D eigenvalue weighted by Gasteiger charge is 2.03. The van der Waals surface area contributed by atoms with Crippen LogP contribution in [0.15, 0.2) is 42.5 Å². The van der Waals surface area contributed by atoms with Crippen LogP contribution in [0.2, 0.25) is 5.02 Å². The predicted octanol–water partition coefficient (Wildman–Crippen LogP) is 1.77. The van der Waals surface area contributed by atoms with Gasteiger partial charge in [-0.05, 0) is 28.8 Å². The van der Waals surface area contributed by atoms with Crippen molar-refractivity contribution >= 4 is 17.6 Å². The van der Waals surface area contributed by atoms with Crippen LogP contribution < -0.4 is 9.84 Å². The van der Waals surface area contributed by atoms with Crippen LogP contribution in [-0.4, -0.2) is 11.1 Å². The van der Waals surface area contributed by atoms with Crippen molar-refractivity contribution in [2.24, 2.45) is 0 Å². The number of aliphatic hydroxyl groups excluding tert-OH is 1. The van der Waals surface area contributed by atoms with Crippen LogP contribution in [-0.2, 0) is 13.2 Å². The van der Waals surface area contributed by atoms with E-state index in [1.807, 2.05) is 0 Å². The lowest BCUT2D eigenvalue weighted by Gasteiger charge is -2.10. The first-order chi connectivity index (χ1) is 9.60. The molecule has 0 aliphatic rings. The fourth-order valence-corrected chi connectivity index (χ4v) is 1.92. The van der Waals surface area contributed by atoms with Crippen molar-refractivity contribution in [3.8, 4) is 5.75 Å². The minimum absolute atomic E-state index is 0.0787. The molecule has 104 valence electrons. The number of carboxylic acid groups (broad SMARTS) is 1. The summed E-state index contributed by atoms with van der Waals surface area (Å²) in [6.07, 6.45) is 0. The Morgan fingerprint density at radius 3 is 2.35 bits per heavy atom. The second kappa shape index (κ2) is 6.41. The van der Waals surface area contributed by atoms with E-state index in [1.165, 1.54) is 12.1 Å². The number of hydrogen-bond acceptors (Lipinski definition) is 4. The summed E-state index contributed by atoms with van der Waals surface area (Å²) < 4.78 is 5.55. The van der Waals surface area contributed by atoms with E-state index in [9.17, 15) is 9.90 Å². The van der Waals surface area contributed by atoms with Gasteiger partial charge >= 0.3 is 0 Å². The van der Waals surface area contributed by atoms with Gasteiger partial charge in [0.25, 0.3) is 0 Å². The molecule has 0 fully saturated rings. The number of aliphatic hydroxyl groups is 1. The minimum atomic E-state index is -1.21. The molecule has 0 aliphatic carbocycles. The molecular weight excluding hydrogens is 280 g/mol. The molecule has 2 rings (SSSR count). The summed E-state index contributed by atoms with van der Waals surface area (Å²) in [6, 6.07) is 11.3. The molecule has 0 heterocycles. The molecule has 0 unspecified atom stereocenters. The second-order valence-electron chi connectivity index (χ2n) is 4.20. The molecule has 20 heavy (non-hydrogen) atoms. The average molecular weight is 292 g/mol. The normalized spacial score (nSPS) is 10.3. The first-order valence-corrected chi connectivity index (χ1v) is 6.30. The van der Waals surface area contributed by atoms with Gasteiger partial charge in [-0.15, -0.1) is 0 Å². The molecule has 0 saturated carbocycles. The first-order valence-electron chi connectivity index (χ1n) is 5.92. The van der Waals surface area contributed by atoms with E-state index in [1.54, 1.807) is 30.3 Å². The van der Waals surface area contributed by atoms with Gasteiger partial charge < -0.3 is 19.7 Å². The van der Waals surface area contributed by atoms with Crippen LogP contribution in [0.3, 0.4) is 0 Å². The molecule has 2 aromatic carbocycles. The number of ether oxygens (including phenoxy) is 1. The standard InChI is InChI=1S/C15H13ClO4/c16-13-7-11(8-17)3-6-14(13)20-9-10-1-4-12(5-2-10)15(18)19/h1-7,17H,8-9H2,(H,18,19)/p-1. The molecule has 1 N–H and O–H groups in total. The van der Waals surface area contributed by atoms with E-state index >= 15 is 0 Å². The lowest BCUT2D eigenvalue weighted by atomic mass is 10.1. The van der Waals surface area contributed by atoms with Crippen LogP contribution >= 0.6 is 11.6 Å². The van der Waals surface area contributed by atoms with Gasteiger partial charge in [0, 0.05) is 0 Å². The zero-order valence-corrected chi connectivity index (χ0v) is 11.3. The zero-order chi connectivity index (χ0) is 14.5. The molecule has 0 amide bonds. The number of carboxylic acids is 1. The van der Waals surface area contributed by atoms with Gasteiger partial charge in [0.05, 0.1) is 17.6 Å². The Kier molecular flexibility index (Phi) is 4.61. The summed E-state index contributed by atoms with van der Waals surface area (Å²) in [5, 5.41) is 20.0. The predicted molar refractivity (Wildman–Crippen MR) is 72.5 cm³/mol. The third-order valence-electron chi connectivity index (χ3n) is 2.76. The van der Waals surface area contributed by atoms with E-state index in [0.29, 0.717) is 16.3 Å². The summed E-state index contributed by atoms with van der Waals surface area (Å²) in [5.41, 5.74) is 1.65. The largest absolute Gasteiger partial charge is 0.545 e. The first kappa shape index (κ1) is 14.4. The van der Waals surface area contributed by atoms with Gasteiger partial charge in [-0.2, -0.15) is 0 Å². The van der Waals surface area contributed by atoms with Gasteiger partial charge in [0.1, 0.15) is 12.4 Å². The summed E-state index contributed by atoms with van der Waals surface area (Å²) in [5.74, 6) is -0.701. The monoisotopic (exact) mass is 291 g/mol. The van der Waals surface area contributed by atoms with E-state index in [-0.39, 0.29) is 18.8 Å². The van der Waals surface area contributed by atoms with Crippen LogP contribution in [0.5, 0.6) is 5.75 Å². The smallest absolute Gasteiger partial charge is 0.138 e. The molecule has 4 nitrogen and oxygen atoms in total. The SMILES string of the molecule is O=C([O-])c1ccc(COc2ccc(CO)cc2Cl)cc1. The maximum absolute atomic E-state index is 10.6. The number of hydrogen-bond donors (Lipinski definition) is 1. The molecule has 0 spiro atoms. The van der Waals surface area contributed by atoms with Gasteiger partial charge in [-0.3, -0.25) is 0 Å². The highest BCUT2D eigenvalue weighted by atomic mass is 35.5. The molecule has 0 bridgehead atoms. The van der Waals surface area contributed by atoms with Crippen LogP contribution in [0.4, 0.5) is 0 Å². The van der Waals surface area contributed by atoms with Crippen LogP contribution in [0.1, 0.15) is 21.5 Å². The Bertz CT molecular complexity index is 608. The van der Waals surface area contributed by atoms with Crippen molar-refractivity contribution in [1.29, 1.82) is 0 Å². The molecule has 0 radical (unpaired) electrons. The van der Waals surface area contributed by atoms with Gasteiger partial charge in [-0.1, -0.05) is 41.9 Å².